The smallest absolute Gasteiger partial charge is 0.122 e. The zero-order chi connectivity index (χ0) is 13.8. The minimum absolute atomic E-state index is 0.610. The van der Waals surface area contributed by atoms with Crippen LogP contribution < -0.4 is 10.5 Å². The Hall–Kier alpha value is -1.45. The van der Waals surface area contributed by atoms with Crippen molar-refractivity contribution in [2.45, 2.75) is 24.3 Å². The molecule has 0 aromatic heterocycles. The molecule has 2 aromatic carbocycles. The van der Waals surface area contributed by atoms with Gasteiger partial charge in [0.2, 0.25) is 0 Å². The predicted molar refractivity (Wildman–Crippen MR) is 84.4 cm³/mol. The Morgan fingerprint density at radius 2 is 2.05 bits per heavy atom. The molecule has 0 atom stereocenters. The third kappa shape index (κ3) is 3.17. The van der Waals surface area contributed by atoms with Crippen molar-refractivity contribution in [1.29, 1.82) is 0 Å². The van der Waals surface area contributed by atoms with Crippen LogP contribution in [0.25, 0.3) is 0 Å². The summed E-state index contributed by atoms with van der Waals surface area (Å²) in [6.07, 6.45) is 2.14. The molecular weight excluding hydrogens is 266 g/mol. The molecule has 1 aliphatic rings. The van der Waals surface area contributed by atoms with Gasteiger partial charge in [-0.15, -0.1) is 11.8 Å². The molecule has 0 spiro atoms. The molecule has 20 heavy (non-hydrogen) atoms. The van der Waals surface area contributed by atoms with E-state index in [1.165, 1.54) is 21.6 Å². The van der Waals surface area contributed by atoms with Crippen LogP contribution in [0.1, 0.15) is 16.7 Å². The molecule has 2 aromatic rings. The van der Waals surface area contributed by atoms with Crippen molar-refractivity contribution in [3.05, 3.63) is 59.2 Å². The van der Waals surface area contributed by atoms with E-state index in [-0.39, 0.29) is 0 Å². The number of fused-ring (bicyclic) bond motifs is 1. The van der Waals surface area contributed by atoms with Crippen molar-refractivity contribution in [3.8, 4) is 5.75 Å². The molecule has 3 heteroatoms. The van der Waals surface area contributed by atoms with Crippen molar-refractivity contribution in [2.24, 2.45) is 5.73 Å². The van der Waals surface area contributed by atoms with Crippen molar-refractivity contribution in [2.75, 3.05) is 12.4 Å². The van der Waals surface area contributed by atoms with Gasteiger partial charge in [0.25, 0.3) is 0 Å². The molecule has 2 nitrogen and oxygen atoms in total. The van der Waals surface area contributed by atoms with Gasteiger partial charge in [-0.1, -0.05) is 24.3 Å². The van der Waals surface area contributed by atoms with E-state index >= 15 is 0 Å². The van der Waals surface area contributed by atoms with Gasteiger partial charge in [-0.2, -0.15) is 0 Å². The zero-order valence-corrected chi connectivity index (χ0v) is 12.3. The van der Waals surface area contributed by atoms with E-state index < -0.39 is 0 Å². The lowest BCUT2D eigenvalue weighted by atomic mass is 10.1. The lowest BCUT2D eigenvalue weighted by Gasteiger charge is -2.05. The Kier molecular flexibility index (Phi) is 4.28. The summed E-state index contributed by atoms with van der Waals surface area (Å²) >= 11 is 1.89. The summed E-state index contributed by atoms with van der Waals surface area (Å²) in [6, 6.07) is 15.1. The zero-order valence-electron chi connectivity index (χ0n) is 11.5. The van der Waals surface area contributed by atoms with Crippen LogP contribution >= 0.6 is 11.8 Å². The summed E-state index contributed by atoms with van der Waals surface area (Å²) < 4.78 is 5.54. The minimum Gasteiger partial charge on any atom is -0.493 e. The molecule has 0 bridgehead atoms. The molecule has 0 unspecified atom stereocenters. The quantitative estimate of drug-likeness (QED) is 0.855. The van der Waals surface area contributed by atoms with Crippen molar-refractivity contribution < 1.29 is 4.74 Å². The van der Waals surface area contributed by atoms with Crippen LogP contribution in [0.2, 0.25) is 0 Å². The van der Waals surface area contributed by atoms with Crippen LogP contribution in [-0.2, 0) is 19.4 Å². The normalized spacial score (nSPS) is 13.1. The molecule has 0 saturated carbocycles. The van der Waals surface area contributed by atoms with Crippen molar-refractivity contribution >= 4 is 11.8 Å². The van der Waals surface area contributed by atoms with Gasteiger partial charge in [0.15, 0.2) is 0 Å². The van der Waals surface area contributed by atoms with Crippen molar-refractivity contribution in [3.63, 3.8) is 0 Å². The first-order chi connectivity index (χ1) is 9.85. The fourth-order valence-electron chi connectivity index (χ4n) is 2.44. The van der Waals surface area contributed by atoms with Gasteiger partial charge in [-0.3, -0.25) is 0 Å². The molecule has 0 aliphatic carbocycles. The number of hydrogen-bond acceptors (Lipinski definition) is 3. The Morgan fingerprint density at radius 1 is 1.10 bits per heavy atom. The fourth-order valence-corrected chi connectivity index (χ4v) is 3.43. The van der Waals surface area contributed by atoms with Crippen LogP contribution in [0.5, 0.6) is 5.75 Å². The van der Waals surface area contributed by atoms with Crippen LogP contribution in [0.15, 0.2) is 47.4 Å². The lowest BCUT2D eigenvalue weighted by Crippen LogP contribution is -1.96. The monoisotopic (exact) mass is 285 g/mol. The highest BCUT2D eigenvalue weighted by Crippen LogP contribution is 2.27. The van der Waals surface area contributed by atoms with Gasteiger partial charge in [0, 0.05) is 23.6 Å². The fraction of sp³-hybridized carbons (Fsp3) is 0.294. The van der Waals surface area contributed by atoms with E-state index in [9.17, 15) is 0 Å². The number of nitrogens with two attached hydrogens (primary N) is 1. The number of benzene rings is 2. The molecule has 3 rings (SSSR count). The molecule has 1 heterocycles. The number of rotatable bonds is 5. The Balaban J connectivity index is 1.57. The van der Waals surface area contributed by atoms with Crippen LogP contribution in [0, 0.1) is 0 Å². The second-order valence-electron chi connectivity index (χ2n) is 4.99. The summed E-state index contributed by atoms with van der Waals surface area (Å²) in [5.74, 6) is 2.16. The Morgan fingerprint density at radius 3 is 2.95 bits per heavy atom. The molecule has 0 amide bonds. The molecule has 0 saturated heterocycles. The van der Waals surface area contributed by atoms with Gasteiger partial charge >= 0.3 is 0 Å². The minimum atomic E-state index is 0.610. The number of thioether (sulfide) groups is 1. The third-order valence-corrected chi connectivity index (χ3v) is 4.54. The largest absolute Gasteiger partial charge is 0.493 e. The molecular formula is C17H19NOS. The summed E-state index contributed by atoms with van der Waals surface area (Å²) in [5.41, 5.74) is 9.63. The maximum absolute atomic E-state index is 5.67. The number of aryl methyl sites for hydroxylation is 1. The first-order valence-electron chi connectivity index (χ1n) is 7.01. The number of hydrogen-bond donors (Lipinski definition) is 1. The van der Waals surface area contributed by atoms with Gasteiger partial charge < -0.3 is 10.5 Å². The van der Waals surface area contributed by atoms with Gasteiger partial charge in [0.1, 0.15) is 5.75 Å². The van der Waals surface area contributed by atoms with E-state index in [2.05, 4.69) is 42.5 Å². The molecule has 0 radical (unpaired) electrons. The van der Waals surface area contributed by atoms with E-state index in [0.29, 0.717) is 6.54 Å². The second-order valence-corrected chi connectivity index (χ2v) is 6.16. The molecule has 1 aliphatic heterocycles. The maximum atomic E-state index is 5.67. The molecule has 104 valence electrons. The van der Waals surface area contributed by atoms with E-state index in [4.69, 9.17) is 10.5 Å². The first kappa shape index (κ1) is 13.5. The predicted octanol–water partition coefficient (Wildman–Crippen LogP) is 3.42. The third-order valence-electron chi connectivity index (χ3n) is 3.55. The highest BCUT2D eigenvalue weighted by atomic mass is 32.2. The summed E-state index contributed by atoms with van der Waals surface area (Å²) in [6.45, 7) is 1.44. The number of ether oxygens (including phenoxy) is 1. The first-order valence-corrected chi connectivity index (χ1v) is 8.00. The average molecular weight is 285 g/mol. The molecule has 0 fully saturated rings. The highest BCUT2D eigenvalue weighted by Gasteiger charge is 2.11. The van der Waals surface area contributed by atoms with Gasteiger partial charge in [-0.25, -0.2) is 0 Å². The lowest BCUT2D eigenvalue weighted by molar-refractivity contribution is 0.357. The Labute approximate surface area is 124 Å². The summed E-state index contributed by atoms with van der Waals surface area (Å²) in [7, 11) is 0. The van der Waals surface area contributed by atoms with E-state index in [1.54, 1.807) is 0 Å². The maximum Gasteiger partial charge on any atom is 0.122 e. The van der Waals surface area contributed by atoms with Crippen LogP contribution in [0.3, 0.4) is 0 Å². The van der Waals surface area contributed by atoms with Crippen LogP contribution in [-0.4, -0.2) is 12.4 Å². The van der Waals surface area contributed by atoms with Crippen molar-refractivity contribution in [1.82, 2.24) is 0 Å². The van der Waals surface area contributed by atoms with E-state index in [0.717, 1.165) is 31.0 Å². The van der Waals surface area contributed by atoms with Crippen LogP contribution in [0.4, 0.5) is 0 Å². The Bertz CT molecular complexity index is 597. The molecule has 2 N–H and O–H groups in total. The topological polar surface area (TPSA) is 35.2 Å². The standard InChI is InChI=1S/C17H19NOS/c18-12-14-2-1-3-16(11-14)20-9-7-13-4-5-17-15(10-13)6-8-19-17/h1-5,10-11H,6-9,12,18H2. The SMILES string of the molecule is NCc1cccc(SCCc2ccc3c(c2)CCO3)c1. The summed E-state index contributed by atoms with van der Waals surface area (Å²) in [4.78, 5) is 1.30. The summed E-state index contributed by atoms with van der Waals surface area (Å²) in [5, 5.41) is 0. The van der Waals surface area contributed by atoms with Gasteiger partial charge in [0.05, 0.1) is 6.61 Å². The average Bonchev–Trinajstić information content (AvgIpc) is 2.95. The van der Waals surface area contributed by atoms with E-state index in [1.807, 2.05) is 11.8 Å². The van der Waals surface area contributed by atoms with Gasteiger partial charge in [-0.05, 0) is 41.3 Å². The highest BCUT2D eigenvalue weighted by molar-refractivity contribution is 7.99. The second kappa shape index (κ2) is 6.33.